The standard InChI is InChI=1S/C19H16N4O2/c24-18-2-1-8-21-23(18)13-19(25)22-11-7-16-12-15(3-4-17(16)22)14-5-9-20-10-6-14/h1-6,8-10,12H,7,11,13H2. The second-order valence-corrected chi connectivity index (χ2v) is 5.89. The van der Waals surface area contributed by atoms with Gasteiger partial charge in [0.1, 0.15) is 6.54 Å². The molecular formula is C19H16N4O2. The fourth-order valence-electron chi connectivity index (χ4n) is 3.10. The highest BCUT2D eigenvalue weighted by atomic mass is 16.2. The van der Waals surface area contributed by atoms with Gasteiger partial charge in [-0.3, -0.25) is 14.6 Å². The molecule has 3 heterocycles. The number of amides is 1. The molecule has 1 aromatic carbocycles. The molecule has 0 unspecified atom stereocenters. The first kappa shape index (κ1) is 15.3. The molecule has 1 amide bonds. The third-order valence-electron chi connectivity index (χ3n) is 4.36. The molecule has 4 rings (SSSR count). The summed E-state index contributed by atoms with van der Waals surface area (Å²) < 4.78 is 1.19. The monoisotopic (exact) mass is 332 g/mol. The number of aromatic nitrogens is 3. The Morgan fingerprint density at radius 2 is 1.88 bits per heavy atom. The van der Waals surface area contributed by atoms with E-state index >= 15 is 0 Å². The van der Waals surface area contributed by atoms with Crippen molar-refractivity contribution in [2.75, 3.05) is 11.4 Å². The van der Waals surface area contributed by atoms with Gasteiger partial charge in [0.15, 0.2) is 0 Å². The molecule has 0 radical (unpaired) electrons. The van der Waals surface area contributed by atoms with E-state index in [-0.39, 0.29) is 18.0 Å². The third-order valence-corrected chi connectivity index (χ3v) is 4.36. The number of benzene rings is 1. The lowest BCUT2D eigenvalue weighted by atomic mass is 10.0. The van der Waals surface area contributed by atoms with E-state index in [0.29, 0.717) is 6.54 Å². The number of fused-ring (bicyclic) bond motifs is 1. The quantitative estimate of drug-likeness (QED) is 0.734. The maximum atomic E-state index is 12.6. The summed E-state index contributed by atoms with van der Waals surface area (Å²) >= 11 is 0. The normalized spacial score (nSPS) is 12.9. The Labute approximate surface area is 144 Å². The number of rotatable bonds is 3. The van der Waals surface area contributed by atoms with Crippen LogP contribution in [0.3, 0.4) is 0 Å². The van der Waals surface area contributed by atoms with Crippen molar-refractivity contribution >= 4 is 11.6 Å². The Bertz CT molecular complexity index is 982. The summed E-state index contributed by atoms with van der Waals surface area (Å²) in [6.45, 7) is 0.570. The first-order chi connectivity index (χ1) is 12.2. The molecule has 3 aromatic rings. The second kappa shape index (κ2) is 6.32. The van der Waals surface area contributed by atoms with Crippen LogP contribution in [0.1, 0.15) is 5.56 Å². The first-order valence-electron chi connectivity index (χ1n) is 8.08. The molecule has 25 heavy (non-hydrogen) atoms. The topological polar surface area (TPSA) is 68.1 Å². The molecule has 0 aliphatic carbocycles. The minimum atomic E-state index is -0.275. The van der Waals surface area contributed by atoms with Crippen molar-refractivity contribution in [3.63, 3.8) is 0 Å². The highest BCUT2D eigenvalue weighted by Crippen LogP contribution is 2.32. The van der Waals surface area contributed by atoms with Crippen molar-refractivity contribution < 1.29 is 4.79 Å². The van der Waals surface area contributed by atoms with E-state index in [1.807, 2.05) is 24.3 Å². The lowest BCUT2D eigenvalue weighted by molar-refractivity contribution is -0.119. The summed E-state index contributed by atoms with van der Waals surface area (Å²) in [4.78, 5) is 30.1. The van der Waals surface area contributed by atoms with E-state index in [1.165, 1.54) is 16.9 Å². The van der Waals surface area contributed by atoms with E-state index in [2.05, 4.69) is 16.1 Å². The molecule has 0 saturated carbocycles. The van der Waals surface area contributed by atoms with Crippen LogP contribution in [0.2, 0.25) is 0 Å². The predicted octanol–water partition coefficient (Wildman–Crippen LogP) is 1.89. The smallest absolute Gasteiger partial charge is 0.267 e. The Morgan fingerprint density at radius 1 is 1.04 bits per heavy atom. The first-order valence-corrected chi connectivity index (χ1v) is 8.08. The van der Waals surface area contributed by atoms with Gasteiger partial charge in [0.05, 0.1) is 0 Å². The fourth-order valence-corrected chi connectivity index (χ4v) is 3.10. The zero-order valence-electron chi connectivity index (χ0n) is 13.5. The molecule has 0 fully saturated rings. The van der Waals surface area contributed by atoms with Gasteiger partial charge in [-0.15, -0.1) is 0 Å². The van der Waals surface area contributed by atoms with E-state index in [9.17, 15) is 9.59 Å². The van der Waals surface area contributed by atoms with Gasteiger partial charge in [0, 0.05) is 36.9 Å². The van der Waals surface area contributed by atoms with Crippen LogP contribution in [0.15, 0.2) is 65.8 Å². The summed E-state index contributed by atoms with van der Waals surface area (Å²) in [5.41, 5.74) is 3.98. The average molecular weight is 332 g/mol. The van der Waals surface area contributed by atoms with Crippen LogP contribution in [0.25, 0.3) is 11.1 Å². The predicted molar refractivity (Wildman–Crippen MR) is 94.2 cm³/mol. The van der Waals surface area contributed by atoms with Crippen molar-refractivity contribution in [1.29, 1.82) is 0 Å². The molecule has 124 valence electrons. The van der Waals surface area contributed by atoms with Crippen molar-refractivity contribution in [2.24, 2.45) is 0 Å². The van der Waals surface area contributed by atoms with E-state index < -0.39 is 0 Å². The molecule has 6 nitrogen and oxygen atoms in total. The molecule has 0 bridgehead atoms. The van der Waals surface area contributed by atoms with Gasteiger partial charge < -0.3 is 4.90 Å². The molecular weight excluding hydrogens is 316 g/mol. The zero-order chi connectivity index (χ0) is 17.2. The largest absolute Gasteiger partial charge is 0.310 e. The number of carbonyl (C=O) groups excluding carboxylic acids is 1. The SMILES string of the molecule is O=C(Cn1ncccc1=O)N1CCc2cc(-c3ccncc3)ccc21. The highest BCUT2D eigenvalue weighted by molar-refractivity contribution is 5.95. The molecule has 0 spiro atoms. The van der Waals surface area contributed by atoms with Gasteiger partial charge in [0.25, 0.3) is 5.56 Å². The van der Waals surface area contributed by atoms with Crippen molar-refractivity contribution in [1.82, 2.24) is 14.8 Å². The van der Waals surface area contributed by atoms with Crippen LogP contribution in [0.5, 0.6) is 0 Å². The Kier molecular flexibility index (Phi) is 3.85. The van der Waals surface area contributed by atoms with Gasteiger partial charge in [-0.2, -0.15) is 5.10 Å². The van der Waals surface area contributed by atoms with Crippen LogP contribution < -0.4 is 10.5 Å². The second-order valence-electron chi connectivity index (χ2n) is 5.89. The Morgan fingerprint density at radius 3 is 2.68 bits per heavy atom. The van der Waals surface area contributed by atoms with Crippen molar-refractivity contribution in [3.8, 4) is 11.1 Å². The van der Waals surface area contributed by atoms with Gasteiger partial charge in [-0.25, -0.2) is 4.68 Å². The summed E-state index contributed by atoms with van der Waals surface area (Å²) in [6.07, 6.45) is 5.84. The maximum Gasteiger partial charge on any atom is 0.267 e. The fraction of sp³-hybridized carbons (Fsp3) is 0.158. The average Bonchev–Trinajstić information content (AvgIpc) is 3.07. The van der Waals surface area contributed by atoms with E-state index in [1.54, 1.807) is 23.4 Å². The van der Waals surface area contributed by atoms with Crippen molar-refractivity contribution in [2.45, 2.75) is 13.0 Å². The minimum Gasteiger partial charge on any atom is -0.310 e. The lowest BCUT2D eigenvalue weighted by Gasteiger charge is -2.17. The summed E-state index contributed by atoms with van der Waals surface area (Å²) in [6, 6.07) is 13.0. The van der Waals surface area contributed by atoms with Crippen LogP contribution >= 0.6 is 0 Å². The molecule has 1 aliphatic heterocycles. The van der Waals surface area contributed by atoms with Crippen LogP contribution in [-0.4, -0.2) is 27.2 Å². The molecule has 6 heteroatoms. The van der Waals surface area contributed by atoms with Crippen LogP contribution in [0, 0.1) is 0 Å². The summed E-state index contributed by atoms with van der Waals surface area (Å²) in [7, 11) is 0. The number of carbonyl (C=O) groups is 1. The summed E-state index contributed by atoms with van der Waals surface area (Å²) in [5, 5.41) is 3.95. The van der Waals surface area contributed by atoms with Gasteiger partial charge in [0.2, 0.25) is 5.91 Å². The number of pyridine rings is 1. The number of nitrogens with zero attached hydrogens (tertiary/aromatic N) is 4. The highest BCUT2D eigenvalue weighted by Gasteiger charge is 2.25. The van der Waals surface area contributed by atoms with E-state index in [0.717, 1.165) is 28.8 Å². The zero-order valence-corrected chi connectivity index (χ0v) is 13.5. The number of hydrogen-bond acceptors (Lipinski definition) is 4. The Balaban J connectivity index is 1.59. The molecule has 0 saturated heterocycles. The molecule has 0 atom stereocenters. The third kappa shape index (κ3) is 2.94. The van der Waals surface area contributed by atoms with Gasteiger partial charge in [-0.05, 0) is 53.4 Å². The molecule has 0 N–H and O–H groups in total. The maximum absolute atomic E-state index is 12.6. The van der Waals surface area contributed by atoms with Crippen LogP contribution in [0.4, 0.5) is 5.69 Å². The lowest BCUT2D eigenvalue weighted by Crippen LogP contribution is -2.36. The minimum absolute atomic E-state index is 0.0504. The molecule has 1 aliphatic rings. The van der Waals surface area contributed by atoms with E-state index in [4.69, 9.17) is 0 Å². The van der Waals surface area contributed by atoms with Gasteiger partial charge >= 0.3 is 0 Å². The van der Waals surface area contributed by atoms with Gasteiger partial charge in [-0.1, -0.05) is 6.07 Å². The Hall–Kier alpha value is -3.28. The molecule has 2 aromatic heterocycles. The summed E-state index contributed by atoms with van der Waals surface area (Å²) in [5.74, 6) is -0.129. The number of hydrogen-bond donors (Lipinski definition) is 0. The van der Waals surface area contributed by atoms with Crippen molar-refractivity contribution in [3.05, 3.63) is 77.0 Å². The number of anilines is 1. The van der Waals surface area contributed by atoms with Crippen LogP contribution in [-0.2, 0) is 17.8 Å².